The molecular formula is C20H20FNO3S. The number of carbonyl (C=O) groups excluding carboxylic acids is 2. The molecule has 1 aliphatic rings. The first-order chi connectivity index (χ1) is 12.6. The predicted molar refractivity (Wildman–Crippen MR) is 98.1 cm³/mol. The molecule has 0 saturated heterocycles. The van der Waals surface area contributed by atoms with Crippen LogP contribution in [0, 0.1) is 11.7 Å². The molecule has 0 bridgehead atoms. The summed E-state index contributed by atoms with van der Waals surface area (Å²) >= 11 is 1.49. The Morgan fingerprint density at radius 2 is 2.08 bits per heavy atom. The number of nitrogens with one attached hydrogen (secondary N) is 1. The molecule has 2 atom stereocenters. The van der Waals surface area contributed by atoms with E-state index in [4.69, 9.17) is 4.74 Å². The average molecular weight is 373 g/mol. The number of hydrogen-bond donors (Lipinski definition) is 1. The van der Waals surface area contributed by atoms with Crippen LogP contribution in [0.5, 0.6) is 0 Å². The molecule has 3 rings (SSSR count). The third-order valence-corrected chi connectivity index (χ3v) is 5.18. The minimum absolute atomic E-state index is 0.212. The second-order valence-electron chi connectivity index (χ2n) is 6.20. The van der Waals surface area contributed by atoms with E-state index in [0.717, 1.165) is 23.3 Å². The Balaban J connectivity index is 1.58. The van der Waals surface area contributed by atoms with Crippen molar-refractivity contribution in [3.8, 4) is 0 Å². The fourth-order valence-corrected chi connectivity index (χ4v) is 3.72. The molecule has 0 unspecified atom stereocenters. The van der Waals surface area contributed by atoms with Gasteiger partial charge < -0.3 is 10.1 Å². The van der Waals surface area contributed by atoms with Gasteiger partial charge in [-0.2, -0.15) is 0 Å². The van der Waals surface area contributed by atoms with Crippen molar-refractivity contribution < 1.29 is 18.7 Å². The summed E-state index contributed by atoms with van der Waals surface area (Å²) in [5.74, 6) is -0.877. The normalized spacial score (nSPS) is 17.0. The number of amides is 1. The smallest absolute Gasteiger partial charge is 0.306 e. The first-order valence-corrected chi connectivity index (χ1v) is 9.40. The number of esters is 1. The molecule has 6 heteroatoms. The van der Waals surface area contributed by atoms with Gasteiger partial charge in [-0.25, -0.2) is 4.39 Å². The molecule has 0 aliphatic heterocycles. The molecule has 0 radical (unpaired) electrons. The van der Waals surface area contributed by atoms with Gasteiger partial charge in [0.05, 0.1) is 12.5 Å². The lowest BCUT2D eigenvalue weighted by Crippen LogP contribution is -2.32. The molecule has 0 saturated carbocycles. The maximum atomic E-state index is 13.2. The minimum atomic E-state index is -0.403. The van der Waals surface area contributed by atoms with E-state index in [1.165, 1.54) is 23.5 Å². The number of ether oxygens (including phenoxy) is 1. The third kappa shape index (κ3) is 5.02. The van der Waals surface area contributed by atoms with Gasteiger partial charge in [0, 0.05) is 4.88 Å². The lowest BCUT2D eigenvalue weighted by Gasteiger charge is -2.18. The van der Waals surface area contributed by atoms with Crippen molar-refractivity contribution in [3.05, 3.63) is 70.2 Å². The van der Waals surface area contributed by atoms with Crippen LogP contribution in [-0.2, 0) is 14.3 Å². The van der Waals surface area contributed by atoms with Crippen LogP contribution in [0.25, 0.3) is 0 Å². The van der Waals surface area contributed by atoms with Crippen LogP contribution in [0.1, 0.15) is 35.7 Å². The molecule has 2 aromatic rings. The summed E-state index contributed by atoms with van der Waals surface area (Å²) in [6, 6.07) is 9.38. The van der Waals surface area contributed by atoms with E-state index in [0.29, 0.717) is 6.42 Å². The Morgan fingerprint density at radius 3 is 2.73 bits per heavy atom. The van der Waals surface area contributed by atoms with Crippen molar-refractivity contribution in [2.24, 2.45) is 5.92 Å². The van der Waals surface area contributed by atoms with Gasteiger partial charge in [0.15, 0.2) is 6.61 Å². The van der Waals surface area contributed by atoms with Gasteiger partial charge in [-0.15, -0.1) is 11.3 Å². The number of thiophene rings is 1. The maximum Gasteiger partial charge on any atom is 0.306 e. The maximum absolute atomic E-state index is 13.2. The molecule has 1 amide bonds. The standard InChI is InChI=1S/C20H20FNO3S/c21-16-9-7-15(8-10-16)20(17-6-3-11-26-17)22-18(23)13-25-19(24)12-14-4-1-2-5-14/h1,3-4,6-11,14,20H,2,5,12-13H2,(H,22,23)/t14-,20-/m0/s1. The first-order valence-electron chi connectivity index (χ1n) is 8.52. The molecule has 0 spiro atoms. The number of rotatable bonds is 7. The molecule has 26 heavy (non-hydrogen) atoms. The highest BCUT2D eigenvalue weighted by Gasteiger charge is 2.20. The highest BCUT2D eigenvalue weighted by Crippen LogP contribution is 2.26. The number of benzene rings is 1. The van der Waals surface area contributed by atoms with Gasteiger partial charge in [0.2, 0.25) is 0 Å². The van der Waals surface area contributed by atoms with Crippen molar-refractivity contribution in [1.82, 2.24) is 5.32 Å². The quantitative estimate of drug-likeness (QED) is 0.590. The lowest BCUT2D eigenvalue weighted by atomic mass is 10.1. The second kappa shape index (κ2) is 8.76. The molecule has 1 aromatic carbocycles. The lowest BCUT2D eigenvalue weighted by molar-refractivity contribution is -0.149. The summed E-state index contributed by atoms with van der Waals surface area (Å²) < 4.78 is 18.3. The summed E-state index contributed by atoms with van der Waals surface area (Å²) in [5.41, 5.74) is 0.768. The third-order valence-electron chi connectivity index (χ3n) is 4.24. The van der Waals surface area contributed by atoms with Gasteiger partial charge in [0.1, 0.15) is 5.82 Å². The Bertz CT molecular complexity index is 771. The highest BCUT2D eigenvalue weighted by atomic mass is 32.1. The van der Waals surface area contributed by atoms with E-state index >= 15 is 0 Å². The zero-order chi connectivity index (χ0) is 18.4. The predicted octanol–water partition coefficient (Wildman–Crippen LogP) is 3.99. The van der Waals surface area contributed by atoms with Gasteiger partial charge in [-0.3, -0.25) is 9.59 Å². The minimum Gasteiger partial charge on any atom is -0.456 e. The Labute approximate surface area is 155 Å². The van der Waals surface area contributed by atoms with Crippen LogP contribution < -0.4 is 5.32 Å². The number of halogens is 1. The zero-order valence-electron chi connectivity index (χ0n) is 14.2. The molecular weight excluding hydrogens is 353 g/mol. The van der Waals surface area contributed by atoms with Gasteiger partial charge >= 0.3 is 5.97 Å². The number of allylic oxidation sites excluding steroid dienone is 2. The van der Waals surface area contributed by atoms with Gasteiger partial charge in [-0.1, -0.05) is 30.4 Å². The summed E-state index contributed by atoms with van der Waals surface area (Å²) in [5, 5.41) is 4.77. The summed E-state index contributed by atoms with van der Waals surface area (Å²) in [6.07, 6.45) is 6.31. The Hall–Kier alpha value is -2.47. The summed E-state index contributed by atoms with van der Waals surface area (Å²) in [4.78, 5) is 25.0. The van der Waals surface area contributed by atoms with Crippen molar-refractivity contribution in [1.29, 1.82) is 0 Å². The highest BCUT2D eigenvalue weighted by molar-refractivity contribution is 7.10. The summed E-state index contributed by atoms with van der Waals surface area (Å²) in [7, 11) is 0. The van der Waals surface area contributed by atoms with Crippen LogP contribution in [0.3, 0.4) is 0 Å². The van der Waals surface area contributed by atoms with E-state index in [9.17, 15) is 14.0 Å². The molecule has 0 fully saturated rings. The fourth-order valence-electron chi connectivity index (χ4n) is 2.92. The van der Waals surface area contributed by atoms with Gasteiger partial charge in [0.25, 0.3) is 5.91 Å². The largest absolute Gasteiger partial charge is 0.456 e. The summed E-state index contributed by atoms with van der Waals surface area (Å²) in [6.45, 7) is -0.321. The van der Waals surface area contributed by atoms with Crippen LogP contribution >= 0.6 is 11.3 Å². The van der Waals surface area contributed by atoms with Crippen molar-refractivity contribution in [2.45, 2.75) is 25.3 Å². The fraction of sp³-hybridized carbons (Fsp3) is 0.300. The average Bonchev–Trinajstić information content (AvgIpc) is 3.33. The van der Waals surface area contributed by atoms with Crippen molar-refractivity contribution >= 4 is 23.2 Å². The Kier molecular flexibility index (Phi) is 6.17. The molecule has 1 aromatic heterocycles. The topological polar surface area (TPSA) is 55.4 Å². The van der Waals surface area contributed by atoms with Crippen LogP contribution in [0.2, 0.25) is 0 Å². The number of hydrogen-bond acceptors (Lipinski definition) is 4. The molecule has 1 aliphatic carbocycles. The second-order valence-corrected chi connectivity index (χ2v) is 7.18. The molecule has 1 heterocycles. The van der Waals surface area contributed by atoms with E-state index in [-0.39, 0.29) is 30.2 Å². The molecule has 136 valence electrons. The van der Waals surface area contributed by atoms with Crippen LogP contribution in [0.4, 0.5) is 4.39 Å². The van der Waals surface area contributed by atoms with Crippen molar-refractivity contribution in [2.75, 3.05) is 6.61 Å². The van der Waals surface area contributed by atoms with E-state index in [1.807, 2.05) is 23.6 Å². The monoisotopic (exact) mass is 373 g/mol. The Morgan fingerprint density at radius 1 is 1.27 bits per heavy atom. The van der Waals surface area contributed by atoms with E-state index < -0.39 is 6.04 Å². The van der Waals surface area contributed by atoms with Crippen LogP contribution in [0.15, 0.2) is 53.9 Å². The van der Waals surface area contributed by atoms with E-state index in [1.54, 1.807) is 12.1 Å². The molecule has 4 nitrogen and oxygen atoms in total. The van der Waals surface area contributed by atoms with E-state index in [2.05, 4.69) is 11.4 Å². The first kappa shape index (κ1) is 18.3. The SMILES string of the molecule is O=C(COC(=O)C[C@H]1C=CCC1)N[C@@H](c1ccc(F)cc1)c1cccs1. The molecule has 1 N–H and O–H groups in total. The van der Waals surface area contributed by atoms with Gasteiger partial charge in [-0.05, 0) is 47.9 Å². The van der Waals surface area contributed by atoms with Crippen molar-refractivity contribution in [3.63, 3.8) is 0 Å². The number of carbonyl (C=O) groups is 2. The zero-order valence-corrected chi connectivity index (χ0v) is 15.0. The van der Waals surface area contributed by atoms with Crippen LogP contribution in [-0.4, -0.2) is 18.5 Å².